The van der Waals surface area contributed by atoms with Crippen LogP contribution in [0.5, 0.6) is 11.5 Å². The van der Waals surface area contributed by atoms with Gasteiger partial charge in [-0.3, -0.25) is 4.79 Å². The molecule has 3 rings (SSSR count). The maximum atomic E-state index is 12.1. The summed E-state index contributed by atoms with van der Waals surface area (Å²) >= 11 is 11.9. The molecule has 144 valence electrons. The highest BCUT2D eigenvalue weighted by molar-refractivity contribution is 6.35. The van der Waals surface area contributed by atoms with Gasteiger partial charge in [-0.1, -0.05) is 23.2 Å². The minimum Gasteiger partial charge on any atom is -0.490 e. The zero-order valence-corrected chi connectivity index (χ0v) is 16.6. The second-order valence-electron chi connectivity index (χ2n) is 6.56. The second-order valence-corrected chi connectivity index (χ2v) is 7.40. The summed E-state index contributed by atoms with van der Waals surface area (Å²) in [5.41, 5.74) is 0.682. The monoisotopic (exact) mass is 408 g/mol. The molecule has 0 aliphatic carbocycles. The first-order valence-corrected chi connectivity index (χ1v) is 9.58. The van der Waals surface area contributed by atoms with Crippen LogP contribution in [-0.2, 0) is 4.79 Å². The Morgan fingerprint density at radius 1 is 1.15 bits per heavy atom. The molecule has 1 amide bonds. The Labute approximate surface area is 169 Å². The van der Waals surface area contributed by atoms with Crippen LogP contribution in [0.25, 0.3) is 0 Å². The third-order valence-electron chi connectivity index (χ3n) is 4.36. The van der Waals surface area contributed by atoms with E-state index in [0.29, 0.717) is 21.5 Å². The molecule has 1 saturated heterocycles. The van der Waals surface area contributed by atoms with Crippen molar-refractivity contribution in [3.05, 3.63) is 52.5 Å². The molecule has 7 heteroatoms. The lowest BCUT2D eigenvalue weighted by Gasteiger charge is -2.29. The van der Waals surface area contributed by atoms with E-state index >= 15 is 0 Å². The number of benzene rings is 2. The molecule has 1 N–H and O–H groups in total. The Balaban J connectivity index is 1.46. The number of amides is 1. The van der Waals surface area contributed by atoms with E-state index in [1.165, 1.54) is 0 Å². The molecule has 0 radical (unpaired) electrons. The van der Waals surface area contributed by atoms with Gasteiger partial charge >= 0.3 is 0 Å². The van der Waals surface area contributed by atoms with Crippen LogP contribution in [0.3, 0.4) is 0 Å². The van der Waals surface area contributed by atoms with E-state index in [9.17, 15) is 4.79 Å². The van der Waals surface area contributed by atoms with Gasteiger partial charge < -0.3 is 19.7 Å². The molecule has 1 heterocycles. The van der Waals surface area contributed by atoms with E-state index in [-0.39, 0.29) is 18.6 Å². The Morgan fingerprint density at radius 2 is 1.85 bits per heavy atom. The maximum Gasteiger partial charge on any atom is 0.262 e. The predicted octanol–water partition coefficient (Wildman–Crippen LogP) is 4.48. The first kappa shape index (κ1) is 19.8. The summed E-state index contributed by atoms with van der Waals surface area (Å²) in [6.45, 7) is 1.96. The minimum absolute atomic E-state index is 0.144. The molecule has 0 aromatic heterocycles. The van der Waals surface area contributed by atoms with Crippen molar-refractivity contribution < 1.29 is 14.3 Å². The number of anilines is 1. The number of halogens is 2. The maximum absolute atomic E-state index is 12.1. The van der Waals surface area contributed by atoms with Gasteiger partial charge in [-0.25, -0.2) is 0 Å². The third-order valence-corrected chi connectivity index (χ3v) is 4.89. The van der Waals surface area contributed by atoms with Crippen LogP contribution in [0.2, 0.25) is 10.0 Å². The van der Waals surface area contributed by atoms with Crippen LogP contribution in [0.1, 0.15) is 12.8 Å². The number of nitrogens with zero attached hydrogens (tertiary/aromatic N) is 1. The fourth-order valence-corrected chi connectivity index (χ4v) is 3.31. The Hall–Kier alpha value is -1.95. The lowest BCUT2D eigenvalue weighted by Crippen LogP contribution is -2.35. The van der Waals surface area contributed by atoms with Crippen LogP contribution in [0, 0.1) is 0 Å². The summed E-state index contributed by atoms with van der Waals surface area (Å²) < 4.78 is 11.4. The van der Waals surface area contributed by atoms with Crippen LogP contribution in [-0.4, -0.2) is 43.7 Å². The van der Waals surface area contributed by atoms with Crippen molar-refractivity contribution in [1.82, 2.24) is 4.90 Å². The van der Waals surface area contributed by atoms with Gasteiger partial charge in [0, 0.05) is 23.8 Å². The summed E-state index contributed by atoms with van der Waals surface area (Å²) in [5, 5.41) is 3.66. The van der Waals surface area contributed by atoms with Crippen molar-refractivity contribution in [1.29, 1.82) is 0 Å². The molecular formula is C20H22Cl2N2O3. The van der Waals surface area contributed by atoms with E-state index in [1.54, 1.807) is 18.2 Å². The molecule has 1 aliphatic heterocycles. The number of carbonyl (C=O) groups is 1. The molecule has 0 unspecified atom stereocenters. The zero-order chi connectivity index (χ0) is 19.2. The fourth-order valence-electron chi connectivity index (χ4n) is 2.84. The molecule has 5 nitrogen and oxygen atoms in total. The third kappa shape index (κ3) is 6.03. The highest BCUT2D eigenvalue weighted by atomic mass is 35.5. The van der Waals surface area contributed by atoms with Crippen LogP contribution in [0.15, 0.2) is 42.5 Å². The Bertz CT molecular complexity index is 775. The smallest absolute Gasteiger partial charge is 0.262 e. The molecule has 0 atom stereocenters. The molecule has 2 aromatic rings. The minimum atomic E-state index is -0.273. The lowest BCUT2D eigenvalue weighted by molar-refractivity contribution is -0.118. The molecule has 0 bridgehead atoms. The number of hydrogen-bond acceptors (Lipinski definition) is 4. The van der Waals surface area contributed by atoms with Crippen molar-refractivity contribution in [3.63, 3.8) is 0 Å². The predicted molar refractivity (Wildman–Crippen MR) is 108 cm³/mol. The van der Waals surface area contributed by atoms with Crippen molar-refractivity contribution in [3.8, 4) is 11.5 Å². The molecule has 1 aliphatic rings. The van der Waals surface area contributed by atoms with Gasteiger partial charge in [0.2, 0.25) is 0 Å². The zero-order valence-electron chi connectivity index (χ0n) is 15.1. The van der Waals surface area contributed by atoms with E-state index in [1.807, 2.05) is 24.3 Å². The standard InChI is InChI=1S/C20H22Cl2N2O3/c1-24-10-8-17(9-11-24)27-16-5-3-15(4-6-16)23-20(25)13-26-19-7-2-14(21)12-18(19)22/h2-7,12,17H,8-11,13H2,1H3,(H,23,25). The van der Waals surface area contributed by atoms with Gasteiger partial charge in [0.25, 0.3) is 5.91 Å². The second kappa shape index (κ2) is 9.31. The first-order chi connectivity index (χ1) is 13.0. The summed E-state index contributed by atoms with van der Waals surface area (Å²) in [7, 11) is 2.12. The summed E-state index contributed by atoms with van der Waals surface area (Å²) in [6.07, 6.45) is 2.30. The van der Waals surface area contributed by atoms with Crippen LogP contribution < -0.4 is 14.8 Å². The first-order valence-electron chi connectivity index (χ1n) is 8.82. The van der Waals surface area contributed by atoms with Gasteiger partial charge in [-0.2, -0.15) is 0 Å². The average Bonchev–Trinajstić information content (AvgIpc) is 2.64. The number of piperidine rings is 1. The summed E-state index contributed by atoms with van der Waals surface area (Å²) in [6, 6.07) is 12.2. The van der Waals surface area contributed by atoms with Gasteiger partial charge in [0.1, 0.15) is 17.6 Å². The molecule has 2 aromatic carbocycles. The number of hydrogen-bond donors (Lipinski definition) is 1. The topological polar surface area (TPSA) is 50.8 Å². The number of likely N-dealkylation sites (tertiary alicyclic amines) is 1. The van der Waals surface area contributed by atoms with Crippen molar-refractivity contribution in [2.24, 2.45) is 0 Å². The molecule has 1 fully saturated rings. The fraction of sp³-hybridized carbons (Fsp3) is 0.350. The van der Waals surface area contributed by atoms with E-state index in [4.69, 9.17) is 32.7 Å². The van der Waals surface area contributed by atoms with E-state index in [0.717, 1.165) is 31.7 Å². The molecular weight excluding hydrogens is 387 g/mol. The summed E-state index contributed by atoms with van der Waals surface area (Å²) in [5.74, 6) is 0.954. The van der Waals surface area contributed by atoms with Gasteiger partial charge in [0.15, 0.2) is 6.61 Å². The van der Waals surface area contributed by atoms with Gasteiger partial charge in [-0.05, 0) is 62.4 Å². The highest BCUT2D eigenvalue weighted by Crippen LogP contribution is 2.27. The number of ether oxygens (including phenoxy) is 2. The number of carbonyl (C=O) groups excluding carboxylic acids is 1. The quantitative estimate of drug-likeness (QED) is 0.764. The largest absolute Gasteiger partial charge is 0.490 e. The molecule has 0 saturated carbocycles. The Kier molecular flexibility index (Phi) is 6.83. The van der Waals surface area contributed by atoms with E-state index < -0.39 is 0 Å². The van der Waals surface area contributed by atoms with Crippen LogP contribution in [0.4, 0.5) is 5.69 Å². The Morgan fingerprint density at radius 3 is 2.52 bits per heavy atom. The number of rotatable bonds is 6. The average molecular weight is 409 g/mol. The van der Waals surface area contributed by atoms with Gasteiger partial charge in [0.05, 0.1) is 5.02 Å². The summed E-state index contributed by atoms with van der Waals surface area (Å²) in [4.78, 5) is 14.4. The normalized spacial score (nSPS) is 15.4. The van der Waals surface area contributed by atoms with Crippen molar-refractivity contribution in [2.75, 3.05) is 32.1 Å². The number of nitrogens with one attached hydrogen (secondary N) is 1. The van der Waals surface area contributed by atoms with Gasteiger partial charge in [-0.15, -0.1) is 0 Å². The highest BCUT2D eigenvalue weighted by Gasteiger charge is 2.18. The van der Waals surface area contributed by atoms with Crippen molar-refractivity contribution >= 4 is 34.8 Å². The SMILES string of the molecule is CN1CCC(Oc2ccc(NC(=O)COc3ccc(Cl)cc3Cl)cc2)CC1. The van der Waals surface area contributed by atoms with E-state index in [2.05, 4.69) is 17.3 Å². The molecule has 0 spiro atoms. The lowest BCUT2D eigenvalue weighted by atomic mass is 10.1. The van der Waals surface area contributed by atoms with Crippen LogP contribution >= 0.6 is 23.2 Å². The molecule has 27 heavy (non-hydrogen) atoms. The van der Waals surface area contributed by atoms with Crippen molar-refractivity contribution in [2.45, 2.75) is 18.9 Å².